The first-order chi connectivity index (χ1) is 10.1. The Bertz CT molecular complexity index is 664. The summed E-state index contributed by atoms with van der Waals surface area (Å²) in [5.41, 5.74) is 0.580. The number of pyridine rings is 1. The number of benzene rings is 1. The summed E-state index contributed by atoms with van der Waals surface area (Å²) in [4.78, 5) is 6.56. The average Bonchev–Trinajstić information content (AvgIpc) is 2.47. The average molecular weight is 291 g/mol. The second kappa shape index (κ2) is 5.47. The minimum atomic E-state index is -0.568. The van der Waals surface area contributed by atoms with Crippen LogP contribution in [0.5, 0.6) is 0 Å². The number of fused-ring (bicyclic) bond motifs is 1. The summed E-state index contributed by atoms with van der Waals surface area (Å²) < 4.78 is 27.8. The Morgan fingerprint density at radius 1 is 1.24 bits per heavy atom. The van der Waals surface area contributed by atoms with Crippen LogP contribution in [0.1, 0.15) is 19.8 Å². The number of aromatic nitrogens is 1. The van der Waals surface area contributed by atoms with Crippen molar-refractivity contribution in [2.24, 2.45) is 5.92 Å². The van der Waals surface area contributed by atoms with E-state index in [2.05, 4.69) is 22.1 Å². The molecule has 3 nitrogen and oxygen atoms in total. The summed E-state index contributed by atoms with van der Waals surface area (Å²) in [5, 5.41) is 3.87. The zero-order chi connectivity index (χ0) is 15.0. The molecule has 0 radical (unpaired) electrons. The van der Waals surface area contributed by atoms with Gasteiger partial charge in [-0.05, 0) is 24.8 Å². The van der Waals surface area contributed by atoms with Gasteiger partial charge in [0.05, 0.1) is 11.9 Å². The molecule has 1 aromatic carbocycles. The molecular weight excluding hydrogens is 272 g/mol. The van der Waals surface area contributed by atoms with Gasteiger partial charge in [-0.25, -0.2) is 13.8 Å². The molecule has 0 aliphatic carbocycles. The number of halogens is 2. The molecule has 21 heavy (non-hydrogen) atoms. The molecule has 1 N–H and O–H groups in total. The van der Waals surface area contributed by atoms with Crippen LogP contribution in [0.3, 0.4) is 0 Å². The summed E-state index contributed by atoms with van der Waals surface area (Å²) in [6, 6.07) is 2.30. The lowest BCUT2D eigenvalue weighted by Gasteiger charge is -2.32. The molecule has 5 heteroatoms. The molecule has 0 spiro atoms. The highest BCUT2D eigenvalue weighted by Crippen LogP contribution is 2.34. The van der Waals surface area contributed by atoms with Crippen LogP contribution in [0.25, 0.3) is 10.8 Å². The van der Waals surface area contributed by atoms with Gasteiger partial charge < -0.3 is 10.2 Å². The van der Waals surface area contributed by atoms with Gasteiger partial charge in [0, 0.05) is 37.0 Å². The van der Waals surface area contributed by atoms with Crippen molar-refractivity contribution in [1.82, 2.24) is 4.98 Å². The summed E-state index contributed by atoms with van der Waals surface area (Å²) in [6.45, 7) is 3.98. The Morgan fingerprint density at radius 2 is 1.95 bits per heavy atom. The van der Waals surface area contributed by atoms with Crippen LogP contribution in [-0.4, -0.2) is 25.1 Å². The monoisotopic (exact) mass is 291 g/mol. The first-order valence-electron chi connectivity index (χ1n) is 7.30. The van der Waals surface area contributed by atoms with Crippen LogP contribution in [0.15, 0.2) is 18.3 Å². The van der Waals surface area contributed by atoms with E-state index in [0.717, 1.165) is 32.0 Å². The molecule has 0 atom stereocenters. The Hall–Kier alpha value is -1.91. The third-order valence-electron chi connectivity index (χ3n) is 4.23. The van der Waals surface area contributed by atoms with Crippen molar-refractivity contribution in [1.29, 1.82) is 0 Å². The lowest BCUT2D eigenvalue weighted by molar-refractivity contribution is 0.437. The molecular formula is C16H19F2N3. The molecule has 112 valence electrons. The molecule has 1 aliphatic heterocycles. The second-order valence-electron chi connectivity index (χ2n) is 5.73. The molecule has 1 saturated heterocycles. The van der Waals surface area contributed by atoms with E-state index in [0.29, 0.717) is 28.2 Å². The minimum absolute atomic E-state index is 0.405. The highest BCUT2D eigenvalue weighted by atomic mass is 19.1. The fourth-order valence-corrected chi connectivity index (χ4v) is 2.95. The topological polar surface area (TPSA) is 28.2 Å². The van der Waals surface area contributed by atoms with Crippen molar-refractivity contribution in [3.8, 4) is 0 Å². The summed E-state index contributed by atoms with van der Waals surface area (Å²) >= 11 is 0. The molecule has 0 unspecified atom stereocenters. The van der Waals surface area contributed by atoms with E-state index < -0.39 is 11.6 Å². The van der Waals surface area contributed by atoms with Crippen molar-refractivity contribution >= 4 is 22.3 Å². The second-order valence-corrected chi connectivity index (χ2v) is 5.73. The summed E-state index contributed by atoms with van der Waals surface area (Å²) in [7, 11) is 1.71. The van der Waals surface area contributed by atoms with E-state index in [-0.39, 0.29) is 0 Å². The standard InChI is InChI=1S/C16H19F2N3/c1-10-3-5-21(6-4-10)16-12-7-11(17)8-13(18)15(12)14(19-2)9-20-16/h7-10,19H,3-6H2,1-2H3. The van der Waals surface area contributed by atoms with Gasteiger partial charge in [-0.15, -0.1) is 0 Å². The minimum Gasteiger partial charge on any atom is -0.386 e. The molecule has 2 heterocycles. The normalized spacial score (nSPS) is 16.5. The predicted molar refractivity (Wildman–Crippen MR) is 81.8 cm³/mol. The van der Waals surface area contributed by atoms with Gasteiger partial charge in [0.1, 0.15) is 17.5 Å². The molecule has 1 fully saturated rings. The van der Waals surface area contributed by atoms with E-state index in [1.807, 2.05) is 0 Å². The fourth-order valence-electron chi connectivity index (χ4n) is 2.95. The van der Waals surface area contributed by atoms with Gasteiger partial charge in [0.25, 0.3) is 0 Å². The van der Waals surface area contributed by atoms with E-state index in [4.69, 9.17) is 0 Å². The quantitative estimate of drug-likeness (QED) is 0.912. The van der Waals surface area contributed by atoms with Crippen LogP contribution >= 0.6 is 0 Å². The van der Waals surface area contributed by atoms with Crippen molar-refractivity contribution in [2.45, 2.75) is 19.8 Å². The first-order valence-corrected chi connectivity index (χ1v) is 7.30. The highest BCUT2D eigenvalue weighted by molar-refractivity contribution is 6.00. The van der Waals surface area contributed by atoms with E-state index in [1.54, 1.807) is 13.2 Å². The van der Waals surface area contributed by atoms with E-state index >= 15 is 0 Å². The Balaban J connectivity index is 2.15. The zero-order valence-electron chi connectivity index (χ0n) is 12.3. The smallest absolute Gasteiger partial charge is 0.136 e. The molecule has 1 aromatic heterocycles. The Kier molecular flexibility index (Phi) is 3.66. The lowest BCUT2D eigenvalue weighted by atomic mass is 9.98. The van der Waals surface area contributed by atoms with Crippen LogP contribution < -0.4 is 10.2 Å². The van der Waals surface area contributed by atoms with Gasteiger partial charge in [0.15, 0.2) is 0 Å². The van der Waals surface area contributed by atoms with E-state index in [1.165, 1.54) is 6.07 Å². The number of nitrogens with one attached hydrogen (secondary N) is 1. The SMILES string of the molecule is CNc1cnc(N2CCC(C)CC2)c2cc(F)cc(F)c12. The number of nitrogens with zero attached hydrogens (tertiary/aromatic N) is 2. The predicted octanol–water partition coefficient (Wildman–Crippen LogP) is 3.79. The van der Waals surface area contributed by atoms with Crippen LogP contribution in [-0.2, 0) is 0 Å². The van der Waals surface area contributed by atoms with Crippen molar-refractivity contribution < 1.29 is 8.78 Å². The van der Waals surface area contributed by atoms with Gasteiger partial charge >= 0.3 is 0 Å². The fraction of sp³-hybridized carbons (Fsp3) is 0.438. The molecule has 0 amide bonds. The number of hydrogen-bond acceptors (Lipinski definition) is 3. The third kappa shape index (κ3) is 2.52. The number of piperidine rings is 1. The van der Waals surface area contributed by atoms with Crippen molar-refractivity contribution in [3.05, 3.63) is 30.0 Å². The maximum Gasteiger partial charge on any atom is 0.136 e. The maximum atomic E-state index is 14.2. The number of hydrogen-bond donors (Lipinski definition) is 1. The molecule has 1 aliphatic rings. The highest BCUT2D eigenvalue weighted by Gasteiger charge is 2.21. The maximum absolute atomic E-state index is 14.2. The van der Waals surface area contributed by atoms with Gasteiger partial charge in [-0.1, -0.05) is 6.92 Å². The van der Waals surface area contributed by atoms with Crippen LogP contribution in [0.4, 0.5) is 20.3 Å². The number of anilines is 2. The largest absolute Gasteiger partial charge is 0.386 e. The third-order valence-corrected chi connectivity index (χ3v) is 4.23. The van der Waals surface area contributed by atoms with Gasteiger partial charge in [0.2, 0.25) is 0 Å². The van der Waals surface area contributed by atoms with Gasteiger partial charge in [-0.2, -0.15) is 0 Å². The summed E-state index contributed by atoms with van der Waals surface area (Å²) in [5.74, 6) is 0.247. The summed E-state index contributed by atoms with van der Waals surface area (Å²) in [6.07, 6.45) is 3.78. The van der Waals surface area contributed by atoms with Crippen molar-refractivity contribution in [3.63, 3.8) is 0 Å². The molecule has 2 aromatic rings. The Morgan fingerprint density at radius 3 is 2.62 bits per heavy atom. The van der Waals surface area contributed by atoms with Crippen molar-refractivity contribution in [2.75, 3.05) is 30.4 Å². The van der Waals surface area contributed by atoms with Gasteiger partial charge in [-0.3, -0.25) is 0 Å². The first kappa shape index (κ1) is 14.0. The van der Waals surface area contributed by atoms with E-state index in [9.17, 15) is 8.78 Å². The molecule has 3 rings (SSSR count). The number of rotatable bonds is 2. The molecule has 0 bridgehead atoms. The van der Waals surface area contributed by atoms with Crippen LogP contribution in [0.2, 0.25) is 0 Å². The Labute approximate surface area is 123 Å². The molecule has 0 saturated carbocycles. The lowest BCUT2D eigenvalue weighted by Crippen LogP contribution is -2.33. The van der Waals surface area contributed by atoms with Crippen LogP contribution in [0, 0.1) is 17.6 Å². The zero-order valence-corrected chi connectivity index (χ0v) is 12.3.